The highest BCUT2D eigenvalue weighted by Crippen LogP contribution is 2.37. The Balaban J connectivity index is 1.73. The Morgan fingerprint density at radius 2 is 2.00 bits per heavy atom. The number of amides is 1. The average molecular weight is 304 g/mol. The highest BCUT2D eigenvalue weighted by molar-refractivity contribution is 5.81. The minimum Gasteiger partial charge on any atom is -0.354 e. The number of hydrogen-bond donors (Lipinski definition) is 0. The molecule has 0 radical (unpaired) electrons. The van der Waals surface area contributed by atoms with Crippen LogP contribution in [0.2, 0.25) is 0 Å². The van der Waals surface area contributed by atoms with Gasteiger partial charge in [0.1, 0.15) is 5.72 Å². The van der Waals surface area contributed by atoms with Crippen molar-refractivity contribution in [1.82, 2.24) is 4.90 Å². The maximum absolute atomic E-state index is 12.7. The van der Waals surface area contributed by atoms with Crippen molar-refractivity contribution in [3.63, 3.8) is 0 Å². The van der Waals surface area contributed by atoms with Gasteiger partial charge in [0, 0.05) is 18.1 Å². The van der Waals surface area contributed by atoms with Crippen LogP contribution in [0.25, 0.3) is 0 Å². The maximum atomic E-state index is 12.7. The SMILES string of the molecule is CC1(C)OC[C@H]2CC[C@@H](Cc3ccc([N+](=O)[O-])cc3)C(=O)N21. The van der Waals surface area contributed by atoms with Crippen molar-refractivity contribution < 1.29 is 14.5 Å². The minimum atomic E-state index is -0.532. The number of nitro benzene ring substituents is 1. The van der Waals surface area contributed by atoms with Gasteiger partial charge < -0.3 is 9.64 Å². The summed E-state index contributed by atoms with van der Waals surface area (Å²) in [5, 5.41) is 10.7. The van der Waals surface area contributed by atoms with E-state index in [9.17, 15) is 14.9 Å². The van der Waals surface area contributed by atoms with Crippen molar-refractivity contribution in [2.45, 2.75) is 44.9 Å². The molecule has 2 heterocycles. The second-order valence-electron chi connectivity index (χ2n) is 6.52. The maximum Gasteiger partial charge on any atom is 0.269 e. The van der Waals surface area contributed by atoms with Crippen molar-refractivity contribution >= 4 is 11.6 Å². The quantitative estimate of drug-likeness (QED) is 0.635. The average Bonchev–Trinajstić information content (AvgIpc) is 2.78. The number of carbonyl (C=O) groups is 1. The van der Waals surface area contributed by atoms with Gasteiger partial charge >= 0.3 is 0 Å². The minimum absolute atomic E-state index is 0.0707. The summed E-state index contributed by atoms with van der Waals surface area (Å²) in [4.78, 5) is 24.9. The summed E-state index contributed by atoms with van der Waals surface area (Å²) in [6.07, 6.45) is 2.42. The molecule has 0 aromatic heterocycles. The zero-order valence-electron chi connectivity index (χ0n) is 12.8. The topological polar surface area (TPSA) is 72.7 Å². The third-order valence-corrected chi connectivity index (χ3v) is 4.64. The molecule has 6 heteroatoms. The lowest BCUT2D eigenvalue weighted by molar-refractivity contribution is -0.384. The summed E-state index contributed by atoms with van der Waals surface area (Å²) < 4.78 is 5.73. The second-order valence-corrected chi connectivity index (χ2v) is 6.52. The third-order valence-electron chi connectivity index (χ3n) is 4.64. The molecule has 2 atom stereocenters. The van der Waals surface area contributed by atoms with Gasteiger partial charge in [-0.3, -0.25) is 14.9 Å². The van der Waals surface area contributed by atoms with Crippen molar-refractivity contribution in [3.05, 3.63) is 39.9 Å². The van der Waals surface area contributed by atoms with E-state index in [1.165, 1.54) is 12.1 Å². The lowest BCUT2D eigenvalue weighted by Gasteiger charge is -2.40. The van der Waals surface area contributed by atoms with Gasteiger partial charge in [0.25, 0.3) is 5.69 Å². The van der Waals surface area contributed by atoms with Crippen molar-refractivity contribution in [1.29, 1.82) is 0 Å². The molecule has 0 aliphatic carbocycles. The predicted molar refractivity (Wildman–Crippen MR) is 80.2 cm³/mol. The third kappa shape index (κ3) is 2.59. The molecule has 0 spiro atoms. The number of hydrogen-bond acceptors (Lipinski definition) is 4. The number of ether oxygens (including phenoxy) is 1. The molecule has 6 nitrogen and oxygen atoms in total. The fraction of sp³-hybridized carbons (Fsp3) is 0.562. The largest absolute Gasteiger partial charge is 0.354 e. The van der Waals surface area contributed by atoms with Crippen LogP contribution in [0, 0.1) is 16.0 Å². The van der Waals surface area contributed by atoms with Crippen LogP contribution in [0.4, 0.5) is 5.69 Å². The summed E-state index contributed by atoms with van der Waals surface area (Å²) in [6, 6.07) is 6.66. The molecule has 0 saturated carbocycles. The Morgan fingerprint density at radius 3 is 2.64 bits per heavy atom. The summed E-state index contributed by atoms with van der Waals surface area (Å²) in [7, 11) is 0. The van der Waals surface area contributed by atoms with Gasteiger partial charge in [0.05, 0.1) is 17.6 Å². The molecule has 22 heavy (non-hydrogen) atoms. The Bertz CT molecular complexity index is 597. The van der Waals surface area contributed by atoms with Crippen LogP contribution in [0.15, 0.2) is 24.3 Å². The first-order valence-electron chi connectivity index (χ1n) is 7.59. The van der Waals surface area contributed by atoms with Crippen LogP contribution in [0.3, 0.4) is 0 Å². The number of non-ortho nitro benzene ring substituents is 1. The summed E-state index contributed by atoms with van der Waals surface area (Å²) >= 11 is 0. The molecule has 2 aliphatic rings. The Morgan fingerprint density at radius 1 is 1.32 bits per heavy atom. The molecule has 1 aromatic carbocycles. The number of fused-ring (bicyclic) bond motifs is 1. The first-order valence-corrected chi connectivity index (χ1v) is 7.59. The number of nitro groups is 1. The van der Waals surface area contributed by atoms with E-state index in [-0.39, 0.29) is 23.6 Å². The smallest absolute Gasteiger partial charge is 0.269 e. The molecule has 0 unspecified atom stereocenters. The summed E-state index contributed by atoms with van der Waals surface area (Å²) in [6.45, 7) is 4.47. The van der Waals surface area contributed by atoms with Crippen LogP contribution in [-0.4, -0.2) is 34.1 Å². The number of rotatable bonds is 3. The molecule has 2 aliphatic heterocycles. The normalized spacial score (nSPS) is 26.8. The fourth-order valence-electron chi connectivity index (χ4n) is 3.48. The van der Waals surface area contributed by atoms with Gasteiger partial charge in [0.15, 0.2) is 0 Å². The van der Waals surface area contributed by atoms with E-state index >= 15 is 0 Å². The first-order chi connectivity index (χ1) is 10.4. The number of carbonyl (C=O) groups excluding carboxylic acids is 1. The zero-order valence-corrected chi connectivity index (χ0v) is 12.8. The molecule has 1 amide bonds. The monoisotopic (exact) mass is 304 g/mol. The summed E-state index contributed by atoms with van der Waals surface area (Å²) in [5.41, 5.74) is 0.504. The van der Waals surface area contributed by atoms with E-state index in [1.807, 2.05) is 18.7 Å². The van der Waals surface area contributed by atoms with E-state index in [2.05, 4.69) is 0 Å². The van der Waals surface area contributed by atoms with Gasteiger partial charge in [-0.1, -0.05) is 12.1 Å². The van der Waals surface area contributed by atoms with Gasteiger partial charge in [-0.25, -0.2) is 0 Å². The van der Waals surface area contributed by atoms with E-state index in [0.717, 1.165) is 18.4 Å². The van der Waals surface area contributed by atoms with Gasteiger partial charge in [0.2, 0.25) is 5.91 Å². The summed E-state index contributed by atoms with van der Waals surface area (Å²) in [5.74, 6) is 0.0655. The zero-order chi connectivity index (χ0) is 15.9. The Hall–Kier alpha value is -1.95. The first kappa shape index (κ1) is 15.0. The number of nitrogens with zero attached hydrogens (tertiary/aromatic N) is 2. The van der Waals surface area contributed by atoms with Crippen LogP contribution in [-0.2, 0) is 16.0 Å². The fourth-order valence-corrected chi connectivity index (χ4v) is 3.48. The van der Waals surface area contributed by atoms with Crippen LogP contribution < -0.4 is 0 Å². The molecule has 1 aromatic rings. The highest BCUT2D eigenvalue weighted by atomic mass is 16.6. The van der Waals surface area contributed by atoms with E-state index in [1.54, 1.807) is 12.1 Å². The molecule has 2 fully saturated rings. The molecule has 3 rings (SSSR count). The van der Waals surface area contributed by atoms with Crippen LogP contribution >= 0.6 is 0 Å². The van der Waals surface area contributed by atoms with Crippen molar-refractivity contribution in [2.75, 3.05) is 6.61 Å². The van der Waals surface area contributed by atoms with Gasteiger partial charge in [-0.15, -0.1) is 0 Å². The van der Waals surface area contributed by atoms with Crippen molar-refractivity contribution in [3.8, 4) is 0 Å². The number of piperidine rings is 1. The predicted octanol–water partition coefficient (Wildman–Crippen LogP) is 2.51. The van der Waals surface area contributed by atoms with Crippen molar-refractivity contribution in [2.24, 2.45) is 5.92 Å². The van der Waals surface area contributed by atoms with E-state index < -0.39 is 10.6 Å². The highest BCUT2D eigenvalue weighted by Gasteiger charge is 2.48. The molecular weight excluding hydrogens is 284 g/mol. The molecule has 2 saturated heterocycles. The van der Waals surface area contributed by atoms with Crippen LogP contribution in [0.5, 0.6) is 0 Å². The lowest BCUT2D eigenvalue weighted by Crippen LogP contribution is -2.53. The molecule has 0 bridgehead atoms. The lowest BCUT2D eigenvalue weighted by atomic mass is 9.87. The van der Waals surface area contributed by atoms with E-state index in [4.69, 9.17) is 4.74 Å². The number of benzene rings is 1. The molecule has 0 N–H and O–H groups in total. The van der Waals surface area contributed by atoms with Gasteiger partial charge in [-0.05, 0) is 38.7 Å². The van der Waals surface area contributed by atoms with Crippen LogP contribution in [0.1, 0.15) is 32.3 Å². The Labute approximate surface area is 129 Å². The molecule has 118 valence electrons. The Kier molecular flexibility index (Phi) is 3.64. The second kappa shape index (κ2) is 5.35. The van der Waals surface area contributed by atoms with E-state index in [0.29, 0.717) is 13.0 Å². The van der Waals surface area contributed by atoms with Gasteiger partial charge in [-0.2, -0.15) is 0 Å². The molecular formula is C16H20N2O4. The standard InChI is InChI=1S/C16H20N2O4/c1-16(2)17-14(10-22-16)8-5-12(15(17)19)9-11-3-6-13(7-4-11)18(20)21/h3-4,6-7,12,14H,5,8-10H2,1-2H3/t12-,14+/m0/s1.